The molecule has 0 radical (unpaired) electrons. The van der Waals surface area contributed by atoms with Gasteiger partial charge in [0.25, 0.3) is 0 Å². The van der Waals surface area contributed by atoms with Gasteiger partial charge in [-0.15, -0.1) is 0 Å². The summed E-state index contributed by atoms with van der Waals surface area (Å²) in [6.07, 6.45) is 3.51. The molecule has 0 aliphatic heterocycles. The van der Waals surface area contributed by atoms with Crippen molar-refractivity contribution in [1.29, 1.82) is 0 Å². The van der Waals surface area contributed by atoms with Crippen LogP contribution >= 0.6 is 15.9 Å². The third kappa shape index (κ3) is 3.20. The molecule has 0 saturated heterocycles. The molecule has 2 aromatic rings. The molecule has 0 amide bonds. The van der Waals surface area contributed by atoms with E-state index in [2.05, 4.69) is 26.2 Å². The molecule has 0 unspecified atom stereocenters. The zero-order valence-electron chi connectivity index (χ0n) is 9.48. The standard InChI is InChI=1S/C13H13BrN2O/c1-2-17-11-5-3-4-10(8-11)16-13-6-7-15-9-12(13)14/h3-9H,2H2,1H3,(H,15,16). The van der Waals surface area contributed by atoms with Gasteiger partial charge in [-0.25, -0.2) is 0 Å². The van der Waals surface area contributed by atoms with Gasteiger partial charge >= 0.3 is 0 Å². The van der Waals surface area contributed by atoms with Crippen molar-refractivity contribution in [2.24, 2.45) is 0 Å². The Bertz CT molecular complexity index is 502. The van der Waals surface area contributed by atoms with Gasteiger partial charge in [0.05, 0.1) is 16.8 Å². The SMILES string of the molecule is CCOc1cccc(Nc2ccncc2Br)c1. The Kier molecular flexibility index (Phi) is 3.98. The van der Waals surface area contributed by atoms with Crippen LogP contribution in [0.15, 0.2) is 47.2 Å². The highest BCUT2D eigenvalue weighted by atomic mass is 79.9. The minimum Gasteiger partial charge on any atom is -0.494 e. The van der Waals surface area contributed by atoms with Crippen LogP contribution in [0.2, 0.25) is 0 Å². The van der Waals surface area contributed by atoms with E-state index in [-0.39, 0.29) is 0 Å². The van der Waals surface area contributed by atoms with Crippen LogP contribution < -0.4 is 10.1 Å². The molecule has 0 saturated carbocycles. The lowest BCUT2D eigenvalue weighted by atomic mass is 10.3. The normalized spacial score (nSPS) is 10.0. The summed E-state index contributed by atoms with van der Waals surface area (Å²) in [5.41, 5.74) is 1.97. The number of hydrogen-bond donors (Lipinski definition) is 1. The summed E-state index contributed by atoms with van der Waals surface area (Å²) in [6, 6.07) is 9.78. The number of hydrogen-bond acceptors (Lipinski definition) is 3. The van der Waals surface area contributed by atoms with Crippen LogP contribution in [0.5, 0.6) is 5.75 Å². The van der Waals surface area contributed by atoms with Gasteiger partial charge in [0.1, 0.15) is 5.75 Å². The first-order valence-corrected chi connectivity index (χ1v) is 6.18. The van der Waals surface area contributed by atoms with Crippen molar-refractivity contribution in [2.75, 3.05) is 11.9 Å². The summed E-state index contributed by atoms with van der Waals surface area (Å²) in [4.78, 5) is 4.02. The highest BCUT2D eigenvalue weighted by Gasteiger charge is 2.00. The number of halogens is 1. The number of benzene rings is 1. The van der Waals surface area contributed by atoms with E-state index in [0.29, 0.717) is 6.61 Å². The maximum absolute atomic E-state index is 5.45. The summed E-state index contributed by atoms with van der Waals surface area (Å²) < 4.78 is 6.38. The number of pyridine rings is 1. The molecule has 2 rings (SSSR count). The second-order valence-corrected chi connectivity index (χ2v) is 4.30. The summed E-state index contributed by atoms with van der Waals surface area (Å²) in [5.74, 6) is 0.864. The lowest BCUT2D eigenvalue weighted by Gasteiger charge is -2.09. The molecule has 3 nitrogen and oxygen atoms in total. The van der Waals surface area contributed by atoms with Crippen LogP contribution in [-0.4, -0.2) is 11.6 Å². The van der Waals surface area contributed by atoms with Crippen molar-refractivity contribution in [3.8, 4) is 5.75 Å². The van der Waals surface area contributed by atoms with Crippen molar-refractivity contribution in [3.05, 3.63) is 47.2 Å². The van der Waals surface area contributed by atoms with Crippen LogP contribution in [0.25, 0.3) is 0 Å². The third-order valence-corrected chi connectivity index (χ3v) is 2.83. The lowest BCUT2D eigenvalue weighted by Crippen LogP contribution is -1.94. The quantitative estimate of drug-likeness (QED) is 0.925. The Morgan fingerprint density at radius 3 is 3.00 bits per heavy atom. The van der Waals surface area contributed by atoms with Crippen molar-refractivity contribution < 1.29 is 4.74 Å². The number of nitrogens with one attached hydrogen (secondary N) is 1. The largest absolute Gasteiger partial charge is 0.494 e. The molecule has 0 atom stereocenters. The van der Waals surface area contributed by atoms with Crippen molar-refractivity contribution in [2.45, 2.75) is 6.92 Å². The fourth-order valence-corrected chi connectivity index (χ4v) is 1.81. The van der Waals surface area contributed by atoms with Gasteiger partial charge in [-0.1, -0.05) is 6.07 Å². The molecule has 0 bridgehead atoms. The second kappa shape index (κ2) is 5.68. The average Bonchev–Trinajstić information content (AvgIpc) is 2.33. The summed E-state index contributed by atoms with van der Waals surface area (Å²) in [6.45, 7) is 2.64. The Balaban J connectivity index is 2.18. The highest BCUT2D eigenvalue weighted by Crippen LogP contribution is 2.26. The van der Waals surface area contributed by atoms with E-state index >= 15 is 0 Å². The summed E-state index contributed by atoms with van der Waals surface area (Å²) in [5, 5.41) is 3.30. The Morgan fingerprint density at radius 2 is 2.24 bits per heavy atom. The van der Waals surface area contributed by atoms with Crippen molar-refractivity contribution >= 4 is 27.3 Å². The van der Waals surface area contributed by atoms with Crippen LogP contribution in [0.4, 0.5) is 11.4 Å². The van der Waals surface area contributed by atoms with Gasteiger partial charge in [-0.05, 0) is 41.1 Å². The molecule has 0 aliphatic carbocycles. The van der Waals surface area contributed by atoms with E-state index in [0.717, 1.165) is 21.6 Å². The topological polar surface area (TPSA) is 34.1 Å². The van der Waals surface area contributed by atoms with Crippen LogP contribution in [0.1, 0.15) is 6.92 Å². The molecule has 1 N–H and O–H groups in total. The van der Waals surface area contributed by atoms with E-state index < -0.39 is 0 Å². The lowest BCUT2D eigenvalue weighted by molar-refractivity contribution is 0.340. The van der Waals surface area contributed by atoms with Gasteiger partial charge in [-0.3, -0.25) is 4.98 Å². The fourth-order valence-electron chi connectivity index (χ4n) is 1.46. The number of rotatable bonds is 4. The molecule has 88 valence electrons. The maximum atomic E-state index is 5.45. The molecular weight excluding hydrogens is 280 g/mol. The van der Waals surface area contributed by atoms with E-state index in [1.54, 1.807) is 12.4 Å². The number of nitrogens with zero attached hydrogens (tertiary/aromatic N) is 1. The van der Waals surface area contributed by atoms with E-state index in [1.165, 1.54) is 0 Å². The number of ether oxygens (including phenoxy) is 1. The first kappa shape index (κ1) is 11.9. The van der Waals surface area contributed by atoms with Crippen molar-refractivity contribution in [3.63, 3.8) is 0 Å². The maximum Gasteiger partial charge on any atom is 0.121 e. The third-order valence-electron chi connectivity index (χ3n) is 2.20. The molecule has 0 spiro atoms. The van der Waals surface area contributed by atoms with E-state index in [4.69, 9.17) is 4.74 Å². The predicted octanol–water partition coefficient (Wildman–Crippen LogP) is 3.99. The van der Waals surface area contributed by atoms with Gasteiger partial charge in [0, 0.05) is 24.1 Å². The molecule has 4 heteroatoms. The fraction of sp³-hybridized carbons (Fsp3) is 0.154. The van der Waals surface area contributed by atoms with Crippen LogP contribution in [-0.2, 0) is 0 Å². The molecule has 1 aromatic carbocycles. The van der Waals surface area contributed by atoms with Gasteiger partial charge in [0.15, 0.2) is 0 Å². The Morgan fingerprint density at radius 1 is 1.35 bits per heavy atom. The van der Waals surface area contributed by atoms with Gasteiger partial charge in [-0.2, -0.15) is 0 Å². The van der Waals surface area contributed by atoms with Gasteiger partial charge in [0.2, 0.25) is 0 Å². The first-order chi connectivity index (χ1) is 8.29. The average molecular weight is 293 g/mol. The van der Waals surface area contributed by atoms with Crippen molar-refractivity contribution in [1.82, 2.24) is 4.98 Å². The molecule has 1 heterocycles. The number of anilines is 2. The molecule has 0 aliphatic rings. The molecule has 17 heavy (non-hydrogen) atoms. The summed E-state index contributed by atoms with van der Waals surface area (Å²) in [7, 11) is 0. The monoisotopic (exact) mass is 292 g/mol. The molecule has 1 aromatic heterocycles. The van der Waals surface area contributed by atoms with Gasteiger partial charge < -0.3 is 10.1 Å². The second-order valence-electron chi connectivity index (χ2n) is 3.44. The predicted molar refractivity (Wildman–Crippen MR) is 72.8 cm³/mol. The van der Waals surface area contributed by atoms with E-state index in [1.807, 2.05) is 37.3 Å². The molecule has 0 fully saturated rings. The smallest absolute Gasteiger partial charge is 0.121 e. The molecular formula is C13H13BrN2O. The Labute approximate surface area is 109 Å². The minimum absolute atomic E-state index is 0.669. The highest BCUT2D eigenvalue weighted by molar-refractivity contribution is 9.10. The zero-order chi connectivity index (χ0) is 12.1. The Hall–Kier alpha value is -1.55. The zero-order valence-corrected chi connectivity index (χ0v) is 11.1. The van der Waals surface area contributed by atoms with Crippen LogP contribution in [0.3, 0.4) is 0 Å². The van der Waals surface area contributed by atoms with Crippen LogP contribution in [0, 0.1) is 0 Å². The van der Waals surface area contributed by atoms with E-state index in [9.17, 15) is 0 Å². The number of aromatic nitrogens is 1. The first-order valence-electron chi connectivity index (χ1n) is 5.39. The summed E-state index contributed by atoms with van der Waals surface area (Å²) >= 11 is 3.45. The minimum atomic E-state index is 0.669.